The van der Waals surface area contributed by atoms with E-state index in [-0.39, 0.29) is 5.41 Å². The monoisotopic (exact) mass is 215 g/mol. The molecule has 0 fully saturated rings. The molecule has 0 radical (unpaired) electrons. The van der Waals surface area contributed by atoms with E-state index in [2.05, 4.69) is 26.1 Å². The number of hydrogen-bond donors (Lipinski definition) is 3. The van der Waals surface area contributed by atoms with Gasteiger partial charge >= 0.3 is 6.03 Å². The fourth-order valence-corrected chi connectivity index (χ4v) is 0.877. The lowest BCUT2D eigenvalue weighted by Gasteiger charge is -2.25. The lowest BCUT2D eigenvalue weighted by atomic mass is 9.90. The van der Waals surface area contributed by atoms with Gasteiger partial charge in [0.25, 0.3) is 0 Å². The number of imide groups is 1. The number of rotatable bonds is 5. The van der Waals surface area contributed by atoms with Crippen molar-refractivity contribution in [2.45, 2.75) is 40.2 Å². The molecule has 0 saturated heterocycles. The molecule has 0 aromatic carbocycles. The highest BCUT2D eigenvalue weighted by atomic mass is 16.2. The molecule has 15 heavy (non-hydrogen) atoms. The number of nitrogens with two attached hydrogens (primary N) is 1. The van der Waals surface area contributed by atoms with Crippen LogP contribution in [0.1, 0.15) is 34.1 Å². The van der Waals surface area contributed by atoms with Crippen LogP contribution in [0.15, 0.2) is 0 Å². The van der Waals surface area contributed by atoms with Crippen molar-refractivity contribution < 1.29 is 9.59 Å². The Morgan fingerprint density at radius 1 is 1.40 bits per heavy atom. The SMILES string of the molecule is CCC(C)(C)CNC(C)C(=O)NC(N)=O. The Bertz CT molecular complexity index is 239. The maximum absolute atomic E-state index is 11.3. The Balaban J connectivity index is 3.98. The van der Waals surface area contributed by atoms with Gasteiger partial charge in [0.05, 0.1) is 6.04 Å². The van der Waals surface area contributed by atoms with Crippen molar-refractivity contribution in [2.24, 2.45) is 11.1 Å². The van der Waals surface area contributed by atoms with E-state index in [1.807, 2.05) is 5.32 Å². The molecule has 0 aromatic rings. The van der Waals surface area contributed by atoms with Crippen LogP contribution >= 0.6 is 0 Å². The quantitative estimate of drug-likeness (QED) is 0.627. The fraction of sp³-hybridized carbons (Fsp3) is 0.800. The molecule has 0 heterocycles. The van der Waals surface area contributed by atoms with Crippen LogP contribution in [0.2, 0.25) is 0 Å². The summed E-state index contributed by atoms with van der Waals surface area (Å²) in [6.07, 6.45) is 1.02. The smallest absolute Gasteiger partial charge is 0.318 e. The van der Waals surface area contributed by atoms with Crippen molar-refractivity contribution in [3.05, 3.63) is 0 Å². The van der Waals surface area contributed by atoms with Gasteiger partial charge in [-0.25, -0.2) is 4.79 Å². The van der Waals surface area contributed by atoms with Gasteiger partial charge in [-0.05, 0) is 18.8 Å². The number of amides is 3. The van der Waals surface area contributed by atoms with Gasteiger partial charge in [-0.15, -0.1) is 0 Å². The minimum atomic E-state index is -0.816. The third kappa shape index (κ3) is 6.06. The second-order valence-electron chi connectivity index (χ2n) is 4.47. The van der Waals surface area contributed by atoms with Crippen molar-refractivity contribution in [3.63, 3.8) is 0 Å². The minimum Gasteiger partial charge on any atom is -0.351 e. The number of carbonyl (C=O) groups is 2. The summed E-state index contributed by atoms with van der Waals surface area (Å²) < 4.78 is 0. The molecule has 0 rings (SSSR count). The highest BCUT2D eigenvalue weighted by Crippen LogP contribution is 2.17. The van der Waals surface area contributed by atoms with E-state index >= 15 is 0 Å². The fourth-order valence-electron chi connectivity index (χ4n) is 0.877. The molecule has 0 aliphatic heterocycles. The third-order valence-corrected chi connectivity index (χ3v) is 2.48. The molecule has 0 bridgehead atoms. The number of carbonyl (C=O) groups excluding carboxylic acids is 2. The average Bonchev–Trinajstić information content (AvgIpc) is 2.13. The van der Waals surface area contributed by atoms with Crippen LogP contribution in [-0.4, -0.2) is 24.5 Å². The van der Waals surface area contributed by atoms with Crippen molar-refractivity contribution in [2.75, 3.05) is 6.54 Å². The summed E-state index contributed by atoms with van der Waals surface area (Å²) in [6.45, 7) is 8.73. The first-order valence-corrected chi connectivity index (χ1v) is 5.12. The Morgan fingerprint density at radius 3 is 2.33 bits per heavy atom. The molecule has 5 heteroatoms. The number of urea groups is 1. The summed E-state index contributed by atoms with van der Waals surface area (Å²) in [4.78, 5) is 21.7. The molecule has 0 spiro atoms. The zero-order valence-electron chi connectivity index (χ0n) is 9.89. The van der Waals surface area contributed by atoms with Gasteiger partial charge in [0.15, 0.2) is 0 Å². The molecular weight excluding hydrogens is 194 g/mol. The van der Waals surface area contributed by atoms with Crippen molar-refractivity contribution >= 4 is 11.9 Å². The molecule has 0 aliphatic rings. The van der Waals surface area contributed by atoms with Crippen molar-refractivity contribution in [1.82, 2.24) is 10.6 Å². The molecule has 1 unspecified atom stereocenters. The summed E-state index contributed by atoms with van der Waals surface area (Å²) in [5.41, 5.74) is 4.98. The van der Waals surface area contributed by atoms with Gasteiger partial charge in [-0.1, -0.05) is 20.8 Å². The minimum absolute atomic E-state index is 0.140. The van der Waals surface area contributed by atoms with E-state index in [1.165, 1.54) is 0 Å². The molecule has 3 amide bonds. The van der Waals surface area contributed by atoms with Crippen LogP contribution in [0, 0.1) is 5.41 Å². The van der Waals surface area contributed by atoms with Gasteiger partial charge in [0.2, 0.25) is 5.91 Å². The normalized spacial score (nSPS) is 13.3. The van der Waals surface area contributed by atoms with Crippen LogP contribution in [-0.2, 0) is 4.79 Å². The van der Waals surface area contributed by atoms with E-state index in [1.54, 1.807) is 6.92 Å². The first-order valence-electron chi connectivity index (χ1n) is 5.12. The largest absolute Gasteiger partial charge is 0.351 e. The van der Waals surface area contributed by atoms with Gasteiger partial charge < -0.3 is 11.1 Å². The number of primary amides is 1. The molecule has 4 N–H and O–H groups in total. The maximum atomic E-state index is 11.3. The van der Waals surface area contributed by atoms with E-state index < -0.39 is 18.0 Å². The second-order valence-corrected chi connectivity index (χ2v) is 4.47. The molecule has 0 saturated carbocycles. The first-order chi connectivity index (χ1) is 6.78. The summed E-state index contributed by atoms with van der Waals surface area (Å²) in [5.74, 6) is -0.394. The van der Waals surface area contributed by atoms with E-state index in [9.17, 15) is 9.59 Å². The van der Waals surface area contributed by atoms with Gasteiger partial charge in [0, 0.05) is 6.54 Å². The standard InChI is InChI=1S/C10H21N3O2/c1-5-10(3,4)6-12-7(2)8(14)13-9(11)15/h7,12H,5-6H2,1-4H3,(H3,11,13,14,15). The van der Waals surface area contributed by atoms with Crippen molar-refractivity contribution in [3.8, 4) is 0 Å². The number of hydrogen-bond acceptors (Lipinski definition) is 3. The molecular formula is C10H21N3O2. The highest BCUT2D eigenvalue weighted by Gasteiger charge is 2.19. The zero-order chi connectivity index (χ0) is 12.1. The third-order valence-electron chi connectivity index (χ3n) is 2.48. The summed E-state index contributed by atoms with van der Waals surface area (Å²) in [6, 6.07) is -1.23. The van der Waals surface area contributed by atoms with Crippen LogP contribution < -0.4 is 16.4 Å². The predicted octanol–water partition coefficient (Wildman–Crippen LogP) is 0.596. The van der Waals surface area contributed by atoms with Crippen molar-refractivity contribution in [1.29, 1.82) is 0 Å². The maximum Gasteiger partial charge on any atom is 0.318 e. The van der Waals surface area contributed by atoms with E-state index in [0.29, 0.717) is 0 Å². The Hall–Kier alpha value is -1.10. The second kappa shape index (κ2) is 5.70. The van der Waals surface area contributed by atoms with Gasteiger partial charge in [-0.2, -0.15) is 0 Å². The summed E-state index contributed by atoms with van der Waals surface area (Å²) >= 11 is 0. The first kappa shape index (κ1) is 13.9. The summed E-state index contributed by atoms with van der Waals surface area (Å²) in [7, 11) is 0. The van der Waals surface area contributed by atoms with Gasteiger partial charge in [0.1, 0.15) is 0 Å². The molecule has 0 aliphatic carbocycles. The summed E-state index contributed by atoms with van der Waals surface area (Å²) in [5, 5.41) is 5.09. The van der Waals surface area contributed by atoms with Crippen LogP contribution in [0.5, 0.6) is 0 Å². The predicted molar refractivity (Wildman–Crippen MR) is 59.3 cm³/mol. The zero-order valence-corrected chi connectivity index (χ0v) is 9.89. The topological polar surface area (TPSA) is 84.2 Å². The van der Waals surface area contributed by atoms with E-state index in [0.717, 1.165) is 13.0 Å². The molecule has 1 atom stereocenters. The molecule has 5 nitrogen and oxygen atoms in total. The Labute approximate surface area is 90.8 Å². The Morgan fingerprint density at radius 2 is 1.93 bits per heavy atom. The molecule has 88 valence electrons. The molecule has 0 aromatic heterocycles. The van der Waals surface area contributed by atoms with Gasteiger partial charge in [-0.3, -0.25) is 10.1 Å². The van der Waals surface area contributed by atoms with Crippen LogP contribution in [0.25, 0.3) is 0 Å². The van der Waals surface area contributed by atoms with E-state index in [4.69, 9.17) is 5.73 Å². The average molecular weight is 215 g/mol. The Kier molecular flexibility index (Phi) is 5.28. The van der Waals surface area contributed by atoms with Crippen LogP contribution in [0.3, 0.4) is 0 Å². The lowest BCUT2D eigenvalue weighted by molar-refractivity contribution is -0.121. The highest BCUT2D eigenvalue weighted by molar-refractivity contribution is 5.96. The lowest BCUT2D eigenvalue weighted by Crippen LogP contribution is -2.48. The number of nitrogens with one attached hydrogen (secondary N) is 2. The van der Waals surface area contributed by atoms with Crippen LogP contribution in [0.4, 0.5) is 4.79 Å².